The van der Waals surface area contributed by atoms with E-state index in [1.54, 1.807) is 0 Å². The zero-order valence-corrected chi connectivity index (χ0v) is 17.1. The van der Waals surface area contributed by atoms with Gasteiger partial charge in [0.1, 0.15) is 5.92 Å². The second-order valence-corrected chi connectivity index (χ2v) is 9.10. The quantitative estimate of drug-likeness (QED) is 0.579. The molecule has 5 nitrogen and oxygen atoms in total. The molecule has 0 aliphatic heterocycles. The van der Waals surface area contributed by atoms with Gasteiger partial charge in [0.2, 0.25) is 0 Å². The zero-order valence-electron chi connectivity index (χ0n) is 17.1. The lowest BCUT2D eigenvalue weighted by atomic mass is 9.78. The normalized spacial score (nSPS) is 27.8. The molecule has 0 amide bonds. The fourth-order valence-electron chi connectivity index (χ4n) is 3.75. The maximum absolute atomic E-state index is 13.0. The first-order valence-electron chi connectivity index (χ1n) is 9.94. The SMILES string of the molecule is CC(C)CCC(O)[C@@]1(O)C(=O)C(C(=O)CC(C)C)C(=O)[C@H]1CCC(C)C. The molecular weight excluding hydrogens is 332 g/mol. The highest BCUT2D eigenvalue weighted by atomic mass is 16.4. The molecule has 1 aliphatic rings. The van der Waals surface area contributed by atoms with E-state index in [0.717, 1.165) is 0 Å². The molecule has 1 fully saturated rings. The van der Waals surface area contributed by atoms with Crippen LogP contribution in [0.25, 0.3) is 0 Å². The molecule has 150 valence electrons. The molecule has 0 aromatic carbocycles. The lowest BCUT2D eigenvalue weighted by molar-refractivity contribution is -0.157. The van der Waals surface area contributed by atoms with Crippen molar-refractivity contribution in [2.45, 2.75) is 85.4 Å². The Balaban J connectivity index is 3.17. The predicted octanol–water partition coefficient (Wildman–Crippen LogP) is 2.95. The van der Waals surface area contributed by atoms with Gasteiger partial charge in [-0.2, -0.15) is 0 Å². The third-order valence-electron chi connectivity index (χ3n) is 5.31. The Bertz CT molecular complexity index is 522. The molecule has 0 aromatic rings. The summed E-state index contributed by atoms with van der Waals surface area (Å²) in [4.78, 5) is 38.3. The van der Waals surface area contributed by atoms with Crippen molar-refractivity contribution >= 4 is 17.3 Å². The summed E-state index contributed by atoms with van der Waals surface area (Å²) in [5, 5.41) is 21.8. The molecule has 0 heterocycles. The largest absolute Gasteiger partial charge is 0.390 e. The van der Waals surface area contributed by atoms with Gasteiger partial charge in [-0.3, -0.25) is 14.4 Å². The first-order valence-corrected chi connectivity index (χ1v) is 9.94. The Morgan fingerprint density at radius 3 is 1.96 bits per heavy atom. The van der Waals surface area contributed by atoms with E-state index in [1.165, 1.54) is 0 Å². The van der Waals surface area contributed by atoms with Crippen molar-refractivity contribution in [3.63, 3.8) is 0 Å². The van der Waals surface area contributed by atoms with Gasteiger partial charge in [0, 0.05) is 6.42 Å². The van der Waals surface area contributed by atoms with Crippen LogP contribution in [0.1, 0.15) is 73.6 Å². The zero-order chi connectivity index (χ0) is 20.2. The number of aliphatic hydroxyl groups is 2. The van der Waals surface area contributed by atoms with Crippen molar-refractivity contribution < 1.29 is 24.6 Å². The number of hydrogen-bond acceptors (Lipinski definition) is 5. The minimum absolute atomic E-state index is 0.0248. The second-order valence-electron chi connectivity index (χ2n) is 9.10. The summed E-state index contributed by atoms with van der Waals surface area (Å²) in [6.07, 6.45) is 0.618. The number of hydrogen-bond donors (Lipinski definition) is 2. The minimum Gasteiger partial charge on any atom is -0.390 e. The van der Waals surface area contributed by atoms with Gasteiger partial charge < -0.3 is 10.2 Å². The van der Waals surface area contributed by atoms with Crippen molar-refractivity contribution in [2.24, 2.45) is 29.6 Å². The number of carbonyl (C=O) groups excluding carboxylic acids is 3. The van der Waals surface area contributed by atoms with Crippen LogP contribution in [0.15, 0.2) is 0 Å². The van der Waals surface area contributed by atoms with Crippen LogP contribution >= 0.6 is 0 Å². The standard InChI is InChI=1S/C21H36O5/c1-12(2)7-9-15-19(24)18(16(22)11-14(5)6)20(25)21(15,26)17(23)10-8-13(3)4/h12-15,17-18,23,26H,7-11H2,1-6H3/t15-,17?,18?,21-/m1/s1. The van der Waals surface area contributed by atoms with Gasteiger partial charge in [-0.05, 0) is 37.0 Å². The molecule has 0 saturated heterocycles. The third-order valence-corrected chi connectivity index (χ3v) is 5.31. The Kier molecular flexibility index (Phi) is 8.15. The maximum atomic E-state index is 13.0. The summed E-state index contributed by atoms with van der Waals surface area (Å²) in [6, 6.07) is 0. The molecule has 0 spiro atoms. The molecule has 4 atom stereocenters. The van der Waals surface area contributed by atoms with Gasteiger partial charge in [0.15, 0.2) is 23.0 Å². The Morgan fingerprint density at radius 2 is 1.50 bits per heavy atom. The van der Waals surface area contributed by atoms with Crippen LogP contribution in [0.5, 0.6) is 0 Å². The minimum atomic E-state index is -2.14. The van der Waals surface area contributed by atoms with Gasteiger partial charge in [-0.25, -0.2) is 0 Å². The lowest BCUT2D eigenvalue weighted by Crippen LogP contribution is -2.52. The monoisotopic (exact) mass is 368 g/mol. The van der Waals surface area contributed by atoms with Gasteiger partial charge in [-0.1, -0.05) is 48.0 Å². The topological polar surface area (TPSA) is 91.7 Å². The van der Waals surface area contributed by atoms with Crippen LogP contribution in [-0.4, -0.2) is 39.3 Å². The number of carbonyl (C=O) groups is 3. The first-order chi connectivity index (χ1) is 11.9. The van der Waals surface area contributed by atoms with E-state index in [4.69, 9.17) is 0 Å². The highest BCUT2D eigenvalue weighted by Gasteiger charge is 2.63. The van der Waals surface area contributed by atoms with Crippen molar-refractivity contribution in [3.8, 4) is 0 Å². The molecule has 1 aliphatic carbocycles. The fraction of sp³-hybridized carbons (Fsp3) is 0.857. The lowest BCUT2D eigenvalue weighted by Gasteiger charge is -2.33. The van der Waals surface area contributed by atoms with Crippen molar-refractivity contribution in [3.05, 3.63) is 0 Å². The van der Waals surface area contributed by atoms with Crippen LogP contribution in [0.3, 0.4) is 0 Å². The Morgan fingerprint density at radius 1 is 0.962 bits per heavy atom. The highest BCUT2D eigenvalue weighted by molar-refractivity contribution is 6.27. The molecule has 5 heteroatoms. The molecule has 2 N–H and O–H groups in total. The molecule has 0 radical (unpaired) electrons. The number of aliphatic hydroxyl groups excluding tert-OH is 1. The Hall–Kier alpha value is -1.07. The van der Waals surface area contributed by atoms with Crippen molar-refractivity contribution in [2.75, 3.05) is 0 Å². The van der Waals surface area contributed by atoms with Crippen LogP contribution < -0.4 is 0 Å². The maximum Gasteiger partial charge on any atom is 0.185 e. The van der Waals surface area contributed by atoms with Crippen molar-refractivity contribution in [1.82, 2.24) is 0 Å². The van der Waals surface area contributed by atoms with Crippen LogP contribution in [0.2, 0.25) is 0 Å². The summed E-state index contributed by atoms with van der Waals surface area (Å²) < 4.78 is 0. The average molecular weight is 369 g/mol. The molecule has 2 unspecified atom stereocenters. The van der Waals surface area contributed by atoms with E-state index in [2.05, 4.69) is 0 Å². The summed E-state index contributed by atoms with van der Waals surface area (Å²) in [6.45, 7) is 11.7. The Labute approximate surface area is 157 Å². The average Bonchev–Trinajstić information content (AvgIpc) is 2.69. The third kappa shape index (κ3) is 5.01. The summed E-state index contributed by atoms with van der Waals surface area (Å²) in [7, 11) is 0. The second kappa shape index (κ2) is 9.23. The van der Waals surface area contributed by atoms with Gasteiger partial charge >= 0.3 is 0 Å². The predicted molar refractivity (Wildman–Crippen MR) is 101 cm³/mol. The molecule has 0 aromatic heterocycles. The number of rotatable bonds is 10. The van der Waals surface area contributed by atoms with Gasteiger partial charge in [0.05, 0.1) is 12.0 Å². The van der Waals surface area contributed by atoms with E-state index in [1.807, 2.05) is 41.5 Å². The molecule has 0 bridgehead atoms. The smallest absolute Gasteiger partial charge is 0.185 e. The first kappa shape index (κ1) is 23.0. The number of Topliss-reactive ketones (excluding diaryl/α,β-unsaturated/α-hetero) is 3. The van der Waals surface area contributed by atoms with Gasteiger partial charge in [0.25, 0.3) is 0 Å². The van der Waals surface area contributed by atoms with Crippen molar-refractivity contribution in [1.29, 1.82) is 0 Å². The summed E-state index contributed by atoms with van der Waals surface area (Å²) in [5.74, 6) is -3.54. The van der Waals surface area contributed by atoms with Crippen LogP contribution in [-0.2, 0) is 14.4 Å². The van der Waals surface area contributed by atoms with Crippen LogP contribution in [0, 0.1) is 29.6 Å². The molecule has 26 heavy (non-hydrogen) atoms. The van der Waals surface area contributed by atoms with Gasteiger partial charge in [-0.15, -0.1) is 0 Å². The molecular formula is C21H36O5. The fourth-order valence-corrected chi connectivity index (χ4v) is 3.75. The summed E-state index contributed by atoms with van der Waals surface area (Å²) in [5.41, 5.74) is -2.14. The molecule has 1 saturated carbocycles. The van der Waals surface area contributed by atoms with E-state index in [0.29, 0.717) is 31.1 Å². The number of ketones is 3. The highest BCUT2D eigenvalue weighted by Crippen LogP contribution is 2.42. The van der Waals surface area contributed by atoms with E-state index >= 15 is 0 Å². The van der Waals surface area contributed by atoms with E-state index in [-0.39, 0.29) is 18.8 Å². The van der Waals surface area contributed by atoms with Crippen LogP contribution in [0.4, 0.5) is 0 Å². The van der Waals surface area contributed by atoms with E-state index < -0.39 is 40.9 Å². The van der Waals surface area contributed by atoms with E-state index in [9.17, 15) is 24.6 Å². The summed E-state index contributed by atoms with van der Waals surface area (Å²) >= 11 is 0. The molecule has 1 rings (SSSR count).